The Labute approximate surface area is 137 Å². The Bertz CT molecular complexity index is 881. The quantitative estimate of drug-likeness (QED) is 0.715. The average Bonchev–Trinajstić information content (AvgIpc) is 2.57. The second kappa shape index (κ2) is 6.45. The first-order valence-corrected chi connectivity index (χ1v) is 7.14. The Morgan fingerprint density at radius 1 is 1.09 bits per heavy atom. The van der Waals surface area contributed by atoms with E-state index in [4.69, 9.17) is 11.6 Å². The Kier molecular flexibility index (Phi) is 4.20. The zero-order valence-corrected chi connectivity index (χ0v) is 12.9. The van der Waals surface area contributed by atoms with Crippen molar-refractivity contribution in [3.05, 3.63) is 64.3 Å². The van der Waals surface area contributed by atoms with Crippen LogP contribution in [0.2, 0.25) is 5.02 Å². The molecule has 0 saturated heterocycles. The standard InChI is InChI=1S/C15H13ClN6O/c1-22-13(10-3-2-4-11(16)9-10)18-14(19-15(22)23)21-20-12-5-7-17-8-6-12/h2-9H,1H3,(H,17,20)(H,19,21,23). The van der Waals surface area contributed by atoms with Crippen LogP contribution in [0.5, 0.6) is 0 Å². The molecule has 0 aliphatic rings. The van der Waals surface area contributed by atoms with Crippen LogP contribution in [0.15, 0.2) is 53.6 Å². The summed E-state index contributed by atoms with van der Waals surface area (Å²) in [7, 11) is 1.61. The van der Waals surface area contributed by atoms with E-state index in [1.807, 2.05) is 6.07 Å². The van der Waals surface area contributed by atoms with E-state index < -0.39 is 5.69 Å². The monoisotopic (exact) mass is 328 g/mol. The predicted molar refractivity (Wildman–Crippen MR) is 89.2 cm³/mol. The normalized spacial score (nSPS) is 10.3. The molecule has 2 N–H and O–H groups in total. The number of hydrazine groups is 1. The molecule has 3 aromatic rings. The number of rotatable bonds is 4. The zero-order valence-electron chi connectivity index (χ0n) is 12.2. The van der Waals surface area contributed by atoms with Crippen molar-refractivity contribution in [3.63, 3.8) is 0 Å². The van der Waals surface area contributed by atoms with Crippen molar-refractivity contribution < 1.29 is 0 Å². The molecule has 0 aliphatic carbocycles. The maximum absolute atomic E-state index is 12.0. The van der Waals surface area contributed by atoms with Gasteiger partial charge in [0.1, 0.15) is 5.82 Å². The first-order valence-electron chi connectivity index (χ1n) is 6.76. The Hall–Kier alpha value is -2.93. The number of anilines is 2. The first kappa shape index (κ1) is 15.0. The molecule has 0 unspecified atom stereocenters. The minimum absolute atomic E-state index is 0.167. The summed E-state index contributed by atoms with van der Waals surface area (Å²) in [5.74, 6) is 0.631. The summed E-state index contributed by atoms with van der Waals surface area (Å²) in [6.07, 6.45) is 3.29. The molecule has 7 nitrogen and oxygen atoms in total. The average molecular weight is 329 g/mol. The largest absolute Gasteiger partial charge is 0.352 e. The van der Waals surface area contributed by atoms with Crippen molar-refractivity contribution in [1.29, 1.82) is 0 Å². The van der Waals surface area contributed by atoms with Crippen LogP contribution in [0.3, 0.4) is 0 Å². The van der Waals surface area contributed by atoms with Gasteiger partial charge in [-0.15, -0.1) is 0 Å². The van der Waals surface area contributed by atoms with Gasteiger partial charge >= 0.3 is 5.69 Å². The number of hydrogen-bond acceptors (Lipinski definition) is 6. The lowest BCUT2D eigenvalue weighted by molar-refractivity contribution is 0.786. The van der Waals surface area contributed by atoms with Crippen molar-refractivity contribution in [2.45, 2.75) is 0 Å². The van der Waals surface area contributed by atoms with Gasteiger partial charge in [-0.2, -0.15) is 9.97 Å². The predicted octanol–water partition coefficient (Wildman–Crippen LogP) is 2.33. The summed E-state index contributed by atoms with van der Waals surface area (Å²) < 4.78 is 1.36. The van der Waals surface area contributed by atoms with Gasteiger partial charge in [-0.25, -0.2) is 4.79 Å². The van der Waals surface area contributed by atoms with Crippen molar-refractivity contribution in [2.75, 3.05) is 10.9 Å². The van der Waals surface area contributed by atoms with Crippen molar-refractivity contribution in [2.24, 2.45) is 7.05 Å². The molecule has 0 fully saturated rings. The van der Waals surface area contributed by atoms with Gasteiger partial charge in [0, 0.05) is 30.0 Å². The maximum atomic E-state index is 12.0. The lowest BCUT2D eigenvalue weighted by Crippen LogP contribution is -2.26. The zero-order chi connectivity index (χ0) is 16.2. The Morgan fingerprint density at radius 3 is 2.61 bits per heavy atom. The van der Waals surface area contributed by atoms with E-state index in [0.717, 1.165) is 11.3 Å². The lowest BCUT2D eigenvalue weighted by atomic mass is 10.2. The maximum Gasteiger partial charge on any atom is 0.352 e. The third-order valence-corrected chi connectivity index (χ3v) is 3.33. The summed E-state index contributed by atoms with van der Waals surface area (Å²) >= 11 is 6.00. The fourth-order valence-corrected chi connectivity index (χ4v) is 2.15. The third-order valence-electron chi connectivity index (χ3n) is 3.10. The van der Waals surface area contributed by atoms with E-state index >= 15 is 0 Å². The molecule has 2 aromatic heterocycles. The molecule has 116 valence electrons. The van der Waals surface area contributed by atoms with Crippen LogP contribution < -0.4 is 16.5 Å². The van der Waals surface area contributed by atoms with Crippen molar-refractivity contribution >= 4 is 23.2 Å². The van der Waals surface area contributed by atoms with E-state index in [1.165, 1.54) is 4.57 Å². The van der Waals surface area contributed by atoms with Crippen molar-refractivity contribution in [3.8, 4) is 11.4 Å². The molecule has 3 rings (SSSR count). The molecule has 0 radical (unpaired) electrons. The molecular formula is C15H13ClN6O. The molecule has 0 amide bonds. The number of halogens is 1. The van der Waals surface area contributed by atoms with Gasteiger partial charge < -0.3 is 0 Å². The molecule has 0 aliphatic heterocycles. The van der Waals surface area contributed by atoms with Crippen molar-refractivity contribution in [1.82, 2.24) is 19.5 Å². The van der Waals surface area contributed by atoms with Crippen LogP contribution in [-0.4, -0.2) is 19.5 Å². The lowest BCUT2D eigenvalue weighted by Gasteiger charge is -2.11. The minimum Gasteiger partial charge on any atom is -0.298 e. The molecule has 8 heteroatoms. The highest BCUT2D eigenvalue weighted by Gasteiger charge is 2.09. The summed E-state index contributed by atoms with van der Waals surface area (Å²) in [6, 6.07) is 10.7. The fourth-order valence-electron chi connectivity index (χ4n) is 1.96. The SMILES string of the molecule is Cn1c(-c2cccc(Cl)c2)nc(NNc2ccncc2)nc1=O. The highest BCUT2D eigenvalue weighted by Crippen LogP contribution is 2.20. The number of benzene rings is 1. The number of nitrogens with one attached hydrogen (secondary N) is 2. The van der Waals surface area contributed by atoms with Crippen LogP contribution >= 0.6 is 11.6 Å². The fraction of sp³-hybridized carbons (Fsp3) is 0.0667. The minimum atomic E-state index is -0.422. The van der Waals surface area contributed by atoms with Gasteiger partial charge in [-0.05, 0) is 24.3 Å². The Morgan fingerprint density at radius 2 is 1.87 bits per heavy atom. The number of pyridine rings is 1. The molecule has 23 heavy (non-hydrogen) atoms. The topological polar surface area (TPSA) is 84.7 Å². The second-order valence-corrected chi connectivity index (χ2v) is 5.15. The van der Waals surface area contributed by atoms with Crippen LogP contribution in [0.1, 0.15) is 0 Å². The highest BCUT2D eigenvalue weighted by atomic mass is 35.5. The first-order chi connectivity index (χ1) is 11.1. The van der Waals surface area contributed by atoms with Gasteiger partial charge in [0.2, 0.25) is 5.95 Å². The molecule has 0 atom stereocenters. The second-order valence-electron chi connectivity index (χ2n) is 4.71. The summed E-state index contributed by atoms with van der Waals surface area (Å²) in [4.78, 5) is 24.2. The van der Waals surface area contributed by atoms with E-state index in [-0.39, 0.29) is 5.95 Å². The number of nitrogens with zero attached hydrogens (tertiary/aromatic N) is 4. The highest BCUT2D eigenvalue weighted by molar-refractivity contribution is 6.30. The Balaban J connectivity index is 1.92. The van der Waals surface area contributed by atoms with E-state index in [1.54, 1.807) is 49.8 Å². The molecule has 1 aromatic carbocycles. The van der Waals surface area contributed by atoms with Gasteiger partial charge in [0.15, 0.2) is 0 Å². The van der Waals surface area contributed by atoms with Crippen LogP contribution in [0.4, 0.5) is 11.6 Å². The van der Waals surface area contributed by atoms with Crippen LogP contribution in [0, 0.1) is 0 Å². The van der Waals surface area contributed by atoms with Crippen LogP contribution in [-0.2, 0) is 7.05 Å². The molecule has 0 bridgehead atoms. The van der Waals surface area contributed by atoms with Gasteiger partial charge in [0.25, 0.3) is 0 Å². The van der Waals surface area contributed by atoms with E-state index in [9.17, 15) is 4.79 Å². The molecular weight excluding hydrogens is 316 g/mol. The summed E-state index contributed by atoms with van der Waals surface area (Å²) in [5, 5.41) is 0.568. The summed E-state index contributed by atoms with van der Waals surface area (Å²) in [5.41, 5.74) is 6.79. The van der Waals surface area contributed by atoms with Gasteiger partial charge in [-0.1, -0.05) is 23.7 Å². The third kappa shape index (κ3) is 3.46. The molecule has 0 spiro atoms. The molecule has 2 heterocycles. The van der Waals surface area contributed by atoms with E-state index in [0.29, 0.717) is 10.8 Å². The molecule has 0 saturated carbocycles. The van der Waals surface area contributed by atoms with Crippen LogP contribution in [0.25, 0.3) is 11.4 Å². The summed E-state index contributed by atoms with van der Waals surface area (Å²) in [6.45, 7) is 0. The number of aromatic nitrogens is 4. The van der Waals surface area contributed by atoms with Gasteiger partial charge in [0.05, 0.1) is 5.69 Å². The van der Waals surface area contributed by atoms with E-state index in [2.05, 4.69) is 25.8 Å². The smallest absolute Gasteiger partial charge is 0.298 e. The number of hydrogen-bond donors (Lipinski definition) is 2. The van der Waals surface area contributed by atoms with Gasteiger partial charge in [-0.3, -0.25) is 20.4 Å².